The summed E-state index contributed by atoms with van der Waals surface area (Å²) in [4.78, 5) is 9.39. The number of hydrogen-bond donors (Lipinski definition) is 0. The lowest BCUT2D eigenvalue weighted by Gasteiger charge is -2.30. The molecule has 0 atom stereocenters. The van der Waals surface area contributed by atoms with E-state index < -0.39 is 0 Å². The number of anilines is 6. The summed E-state index contributed by atoms with van der Waals surface area (Å²) in [7, 11) is 6.53. The molecule has 0 radical (unpaired) electrons. The molecule has 0 spiro atoms. The van der Waals surface area contributed by atoms with Crippen LogP contribution in [0.5, 0.6) is 0 Å². The van der Waals surface area contributed by atoms with Crippen LogP contribution < -0.4 is 19.6 Å². The molecule has 3 heterocycles. The maximum absolute atomic E-state index is 2.38. The fraction of sp³-hybridized carbons (Fsp3) is 0.125. The smallest absolute Gasteiger partial charge is 0.0462 e. The van der Waals surface area contributed by atoms with Gasteiger partial charge < -0.3 is 19.6 Å². The van der Waals surface area contributed by atoms with E-state index in [1.54, 1.807) is 0 Å². The van der Waals surface area contributed by atoms with E-state index in [2.05, 4.69) is 205 Å². The van der Waals surface area contributed by atoms with E-state index in [0.717, 1.165) is 36.7 Å². The van der Waals surface area contributed by atoms with Crippen LogP contribution in [0.2, 0.25) is 0 Å². The molecule has 0 N–H and O–H groups in total. The summed E-state index contributed by atoms with van der Waals surface area (Å²) in [5.41, 5.74) is 18.7. The Morgan fingerprint density at radius 2 is 0.615 bits per heavy atom. The minimum absolute atomic E-state index is 0.883. The molecular formula is C48H42N4. The van der Waals surface area contributed by atoms with Crippen LogP contribution in [0.25, 0.3) is 34.9 Å². The molecule has 0 fully saturated rings. The molecule has 0 amide bonds. The fourth-order valence-corrected chi connectivity index (χ4v) is 8.04. The van der Waals surface area contributed by atoms with Crippen LogP contribution in [0, 0.1) is 0 Å². The Kier molecular flexibility index (Phi) is 8.01. The third kappa shape index (κ3) is 5.86. The minimum atomic E-state index is 0.883. The maximum Gasteiger partial charge on any atom is 0.0462 e. The molecule has 0 saturated heterocycles. The summed E-state index contributed by atoms with van der Waals surface area (Å²) in [5.74, 6) is 0. The quantitative estimate of drug-likeness (QED) is 0.174. The molecule has 0 aromatic heterocycles. The molecule has 0 unspecified atom stereocenters. The molecule has 3 aliphatic rings. The van der Waals surface area contributed by atoms with Gasteiger partial charge >= 0.3 is 0 Å². The van der Waals surface area contributed by atoms with Gasteiger partial charge in [0.1, 0.15) is 0 Å². The Bertz CT molecular complexity index is 2100. The first-order valence-corrected chi connectivity index (χ1v) is 18.1. The van der Waals surface area contributed by atoms with Gasteiger partial charge in [-0.3, -0.25) is 0 Å². The van der Waals surface area contributed by atoms with Crippen LogP contribution in [-0.2, 0) is 0 Å². The lowest BCUT2D eigenvalue weighted by Crippen LogP contribution is -2.23. The first-order valence-electron chi connectivity index (χ1n) is 18.1. The first kappa shape index (κ1) is 31.7. The third-order valence-corrected chi connectivity index (χ3v) is 10.7. The molecule has 0 bridgehead atoms. The number of likely N-dealkylation sites (N-methyl/N-ethyl adjacent to an activating group) is 3. The van der Waals surface area contributed by atoms with Gasteiger partial charge in [0, 0.05) is 74.9 Å². The molecular weight excluding hydrogens is 633 g/mol. The predicted molar refractivity (Wildman–Crippen MR) is 224 cm³/mol. The Hall–Kier alpha value is -6.26. The molecule has 52 heavy (non-hydrogen) atoms. The minimum Gasteiger partial charge on any atom is -0.370 e. The van der Waals surface area contributed by atoms with Crippen LogP contribution in [-0.4, -0.2) is 40.8 Å². The number of fused-ring (bicyclic) bond motifs is 3. The standard InChI is InChI=1S/C48H42N4/c1-49-31-40(28-37-10-4-7-13-46(37)49)34-16-22-43(23-17-34)52(44-24-18-35(19-25-44)41-29-38-11-5-8-14-47(38)50(2)32-41)45-26-20-36(21-27-45)42-30-39-12-6-9-15-48(39)51(3)33-42/h4-30H,31-33H2,1-3H3. The van der Waals surface area contributed by atoms with Crippen LogP contribution in [0.4, 0.5) is 34.1 Å². The second kappa shape index (κ2) is 13.1. The van der Waals surface area contributed by atoms with E-state index in [4.69, 9.17) is 0 Å². The molecule has 4 nitrogen and oxygen atoms in total. The Labute approximate surface area is 307 Å². The highest BCUT2D eigenvalue weighted by Gasteiger charge is 2.20. The van der Waals surface area contributed by atoms with Crippen molar-refractivity contribution in [1.29, 1.82) is 0 Å². The second-order valence-corrected chi connectivity index (χ2v) is 14.2. The van der Waals surface area contributed by atoms with Crippen molar-refractivity contribution in [3.05, 3.63) is 179 Å². The number of para-hydroxylation sites is 3. The highest BCUT2D eigenvalue weighted by Crippen LogP contribution is 2.40. The lowest BCUT2D eigenvalue weighted by atomic mass is 9.96. The molecule has 0 aliphatic carbocycles. The summed E-state index contributed by atoms with van der Waals surface area (Å²) in [5, 5.41) is 0. The Morgan fingerprint density at radius 1 is 0.346 bits per heavy atom. The summed E-state index contributed by atoms with van der Waals surface area (Å²) >= 11 is 0. The molecule has 6 aromatic rings. The second-order valence-electron chi connectivity index (χ2n) is 14.2. The van der Waals surface area contributed by atoms with Gasteiger partial charge in [-0.05, 0) is 123 Å². The highest BCUT2D eigenvalue weighted by atomic mass is 15.1. The van der Waals surface area contributed by atoms with Crippen LogP contribution in [0.3, 0.4) is 0 Å². The number of hydrogen-bond acceptors (Lipinski definition) is 4. The van der Waals surface area contributed by atoms with Crippen molar-refractivity contribution in [1.82, 2.24) is 0 Å². The molecule has 4 heteroatoms. The van der Waals surface area contributed by atoms with Gasteiger partial charge in [-0.2, -0.15) is 0 Å². The molecule has 9 rings (SSSR count). The molecule has 6 aromatic carbocycles. The van der Waals surface area contributed by atoms with E-state index >= 15 is 0 Å². The molecule has 254 valence electrons. The lowest BCUT2D eigenvalue weighted by molar-refractivity contribution is 1.03. The first-order chi connectivity index (χ1) is 25.5. The Morgan fingerprint density at radius 3 is 0.904 bits per heavy atom. The number of benzene rings is 6. The van der Waals surface area contributed by atoms with Gasteiger partial charge in [0.2, 0.25) is 0 Å². The van der Waals surface area contributed by atoms with Crippen molar-refractivity contribution >= 4 is 69.1 Å². The normalized spacial score (nSPS) is 14.8. The largest absolute Gasteiger partial charge is 0.370 e. The molecule has 0 saturated carbocycles. The summed E-state index contributed by atoms with van der Waals surface area (Å²) in [6.45, 7) is 2.65. The van der Waals surface area contributed by atoms with Gasteiger partial charge in [0.05, 0.1) is 0 Å². The molecule has 3 aliphatic heterocycles. The van der Waals surface area contributed by atoms with E-state index in [0.29, 0.717) is 0 Å². The van der Waals surface area contributed by atoms with Gasteiger partial charge in [-0.1, -0.05) is 91.0 Å². The third-order valence-electron chi connectivity index (χ3n) is 10.7. The number of rotatable bonds is 6. The number of nitrogens with zero attached hydrogens (tertiary/aromatic N) is 4. The van der Waals surface area contributed by atoms with Crippen LogP contribution in [0.15, 0.2) is 146 Å². The summed E-state index contributed by atoms with van der Waals surface area (Å²) in [6, 6.07) is 53.2. The Balaban J connectivity index is 1.07. The SMILES string of the molecule is CN1CC(c2ccc(N(c3ccc(C4=Cc5ccccc5N(C)C4)cc3)c3ccc(C4=Cc5ccccc5N(C)C4)cc3)cc2)=Cc2ccccc21. The van der Waals surface area contributed by atoms with Crippen molar-refractivity contribution in [2.24, 2.45) is 0 Å². The average molecular weight is 675 g/mol. The van der Waals surface area contributed by atoms with Gasteiger partial charge in [-0.15, -0.1) is 0 Å². The van der Waals surface area contributed by atoms with Crippen LogP contribution >= 0.6 is 0 Å². The van der Waals surface area contributed by atoms with E-state index in [1.165, 1.54) is 67.2 Å². The summed E-state index contributed by atoms with van der Waals surface area (Å²) < 4.78 is 0. The van der Waals surface area contributed by atoms with Crippen molar-refractivity contribution in [3.63, 3.8) is 0 Å². The van der Waals surface area contributed by atoms with Gasteiger partial charge in [0.25, 0.3) is 0 Å². The van der Waals surface area contributed by atoms with E-state index in [-0.39, 0.29) is 0 Å². The van der Waals surface area contributed by atoms with Crippen molar-refractivity contribution < 1.29 is 0 Å². The van der Waals surface area contributed by atoms with E-state index in [9.17, 15) is 0 Å². The maximum atomic E-state index is 2.38. The van der Waals surface area contributed by atoms with E-state index in [1.807, 2.05) is 0 Å². The van der Waals surface area contributed by atoms with Crippen molar-refractivity contribution in [3.8, 4) is 0 Å². The fourth-order valence-electron chi connectivity index (χ4n) is 8.04. The van der Waals surface area contributed by atoms with Gasteiger partial charge in [-0.25, -0.2) is 0 Å². The van der Waals surface area contributed by atoms with Crippen molar-refractivity contribution in [2.75, 3.05) is 60.4 Å². The summed E-state index contributed by atoms with van der Waals surface area (Å²) in [6.07, 6.45) is 7.02. The highest BCUT2D eigenvalue weighted by molar-refractivity contribution is 5.94. The zero-order valence-electron chi connectivity index (χ0n) is 30.0. The monoisotopic (exact) mass is 674 g/mol. The average Bonchev–Trinajstić information content (AvgIpc) is 3.19. The zero-order valence-corrected chi connectivity index (χ0v) is 30.0. The predicted octanol–water partition coefficient (Wildman–Crippen LogP) is 11.1. The van der Waals surface area contributed by atoms with Crippen molar-refractivity contribution in [2.45, 2.75) is 0 Å². The zero-order chi connectivity index (χ0) is 35.2. The van der Waals surface area contributed by atoms with Crippen LogP contribution in [0.1, 0.15) is 33.4 Å². The topological polar surface area (TPSA) is 13.0 Å². The van der Waals surface area contributed by atoms with Gasteiger partial charge in [0.15, 0.2) is 0 Å².